The molecule has 0 amide bonds. The molecule has 2 nitrogen and oxygen atoms in total. The Balaban J connectivity index is 2.64. The van der Waals surface area contributed by atoms with Crippen molar-refractivity contribution < 1.29 is 13.5 Å². The van der Waals surface area contributed by atoms with Crippen molar-refractivity contribution in [3.63, 3.8) is 0 Å². The van der Waals surface area contributed by atoms with E-state index in [4.69, 9.17) is 10.5 Å². The molecule has 2 N–H and O–H groups in total. The predicted molar refractivity (Wildman–Crippen MR) is 71.4 cm³/mol. The van der Waals surface area contributed by atoms with E-state index in [1.54, 1.807) is 7.11 Å². The van der Waals surface area contributed by atoms with Crippen LogP contribution < -0.4 is 5.73 Å². The van der Waals surface area contributed by atoms with Crippen molar-refractivity contribution >= 4 is 15.9 Å². The molecule has 2 unspecified atom stereocenters. The summed E-state index contributed by atoms with van der Waals surface area (Å²) in [6.45, 7) is 1.94. The molecule has 0 heterocycles. The Morgan fingerprint density at radius 3 is 2.61 bits per heavy atom. The number of nitrogens with two attached hydrogens (primary N) is 1. The molecule has 0 saturated heterocycles. The Hall–Kier alpha value is -0.520. The van der Waals surface area contributed by atoms with Gasteiger partial charge in [-0.25, -0.2) is 8.78 Å². The normalized spacial score (nSPS) is 14.6. The monoisotopic (exact) mass is 321 g/mol. The van der Waals surface area contributed by atoms with Crippen LogP contribution in [0.5, 0.6) is 0 Å². The van der Waals surface area contributed by atoms with Gasteiger partial charge in [0.2, 0.25) is 0 Å². The second-order valence-electron chi connectivity index (χ2n) is 4.41. The van der Waals surface area contributed by atoms with Gasteiger partial charge in [-0.15, -0.1) is 0 Å². The Bertz CT molecular complexity index is 401. The van der Waals surface area contributed by atoms with E-state index in [1.165, 1.54) is 12.1 Å². The summed E-state index contributed by atoms with van der Waals surface area (Å²) < 4.78 is 32.6. The highest BCUT2D eigenvalue weighted by Crippen LogP contribution is 2.23. The average molecular weight is 322 g/mol. The number of rotatable bonds is 6. The lowest BCUT2D eigenvalue weighted by Gasteiger charge is -2.15. The van der Waals surface area contributed by atoms with Crippen LogP contribution in [0, 0.1) is 11.6 Å². The zero-order chi connectivity index (χ0) is 13.7. The van der Waals surface area contributed by atoms with Crippen LogP contribution in [-0.4, -0.2) is 19.3 Å². The first-order chi connectivity index (χ1) is 8.45. The summed E-state index contributed by atoms with van der Waals surface area (Å²) in [6.07, 6.45) is 1.73. The first-order valence-corrected chi connectivity index (χ1v) is 6.65. The van der Waals surface area contributed by atoms with Crippen LogP contribution in [0.2, 0.25) is 0 Å². The molecule has 0 aliphatic rings. The van der Waals surface area contributed by atoms with Crippen molar-refractivity contribution in [2.24, 2.45) is 5.73 Å². The second-order valence-corrected chi connectivity index (χ2v) is 5.26. The highest BCUT2D eigenvalue weighted by atomic mass is 79.9. The van der Waals surface area contributed by atoms with Gasteiger partial charge in [-0.05, 0) is 54.2 Å². The fourth-order valence-corrected chi connectivity index (χ4v) is 2.06. The van der Waals surface area contributed by atoms with Gasteiger partial charge in [0.05, 0.1) is 10.6 Å². The number of benzene rings is 1. The Morgan fingerprint density at radius 2 is 2.00 bits per heavy atom. The summed E-state index contributed by atoms with van der Waals surface area (Å²) in [5, 5.41) is 0. The summed E-state index contributed by atoms with van der Waals surface area (Å²) in [5.74, 6) is -1.11. The van der Waals surface area contributed by atoms with Gasteiger partial charge in [0, 0.05) is 18.7 Å². The molecule has 1 aromatic carbocycles. The summed E-state index contributed by atoms with van der Waals surface area (Å²) in [7, 11) is 1.63. The van der Waals surface area contributed by atoms with Gasteiger partial charge in [0.25, 0.3) is 0 Å². The van der Waals surface area contributed by atoms with Crippen molar-refractivity contribution in [3.05, 3.63) is 33.8 Å². The third kappa shape index (κ3) is 4.30. The number of halogens is 3. The molecule has 0 fully saturated rings. The molecule has 1 rings (SSSR count). The highest BCUT2D eigenvalue weighted by Gasteiger charge is 2.16. The van der Waals surface area contributed by atoms with Crippen molar-refractivity contribution in [1.29, 1.82) is 0 Å². The maximum absolute atomic E-state index is 13.7. The molecule has 0 aromatic heterocycles. The van der Waals surface area contributed by atoms with E-state index in [0.29, 0.717) is 6.42 Å². The van der Waals surface area contributed by atoms with E-state index in [-0.39, 0.29) is 28.6 Å². The quantitative estimate of drug-likeness (QED) is 0.815. The Kier molecular flexibility index (Phi) is 6.18. The lowest BCUT2D eigenvalue weighted by atomic mass is 10.0. The molecule has 0 bridgehead atoms. The van der Waals surface area contributed by atoms with Gasteiger partial charge in [0.15, 0.2) is 0 Å². The maximum Gasteiger partial charge on any atom is 0.143 e. The summed E-state index contributed by atoms with van der Waals surface area (Å²) in [4.78, 5) is 0. The molecule has 2 atom stereocenters. The van der Waals surface area contributed by atoms with Crippen LogP contribution in [0.3, 0.4) is 0 Å². The zero-order valence-electron chi connectivity index (χ0n) is 10.6. The van der Waals surface area contributed by atoms with E-state index in [9.17, 15) is 8.78 Å². The Morgan fingerprint density at radius 1 is 1.33 bits per heavy atom. The van der Waals surface area contributed by atoms with Crippen LogP contribution in [0.25, 0.3) is 0 Å². The fraction of sp³-hybridized carbons (Fsp3) is 0.538. The van der Waals surface area contributed by atoms with Crippen LogP contribution in [0.1, 0.15) is 25.3 Å². The van der Waals surface area contributed by atoms with Gasteiger partial charge in [-0.3, -0.25) is 0 Å². The largest absolute Gasteiger partial charge is 0.382 e. The van der Waals surface area contributed by atoms with E-state index in [1.807, 2.05) is 6.92 Å². The van der Waals surface area contributed by atoms with E-state index in [0.717, 1.165) is 6.42 Å². The van der Waals surface area contributed by atoms with Crippen LogP contribution >= 0.6 is 15.9 Å². The van der Waals surface area contributed by atoms with Gasteiger partial charge in [-0.2, -0.15) is 0 Å². The number of hydrogen-bond acceptors (Lipinski definition) is 2. The summed E-state index contributed by atoms with van der Waals surface area (Å²) in [5.41, 5.74) is 5.94. The predicted octanol–water partition coefficient (Wildman–Crippen LogP) is 3.41. The summed E-state index contributed by atoms with van der Waals surface area (Å²) in [6, 6.07) is 2.32. The number of hydrogen-bond donors (Lipinski definition) is 1. The molecule has 18 heavy (non-hydrogen) atoms. The number of ether oxygens (including phenoxy) is 1. The molecule has 0 aliphatic heterocycles. The third-order valence-corrected chi connectivity index (χ3v) is 3.56. The highest BCUT2D eigenvalue weighted by molar-refractivity contribution is 9.10. The minimum atomic E-state index is -0.565. The molecule has 0 radical (unpaired) electrons. The average Bonchev–Trinajstić information content (AvgIpc) is 2.36. The fourth-order valence-electron chi connectivity index (χ4n) is 1.69. The smallest absolute Gasteiger partial charge is 0.143 e. The molecule has 1 aromatic rings. The first-order valence-electron chi connectivity index (χ1n) is 5.86. The van der Waals surface area contributed by atoms with Crippen molar-refractivity contribution in [3.8, 4) is 0 Å². The first kappa shape index (κ1) is 15.5. The molecule has 102 valence electrons. The zero-order valence-corrected chi connectivity index (χ0v) is 12.1. The van der Waals surface area contributed by atoms with Crippen molar-refractivity contribution in [2.75, 3.05) is 7.11 Å². The van der Waals surface area contributed by atoms with Gasteiger partial charge < -0.3 is 10.5 Å². The summed E-state index contributed by atoms with van der Waals surface area (Å²) >= 11 is 3.04. The molecule has 0 saturated carbocycles. The molecule has 0 spiro atoms. The van der Waals surface area contributed by atoms with Crippen molar-refractivity contribution in [1.82, 2.24) is 0 Å². The minimum absolute atomic E-state index is 0.0435. The van der Waals surface area contributed by atoms with Crippen LogP contribution in [0.4, 0.5) is 8.78 Å². The SMILES string of the molecule is COC(C)CCC(N)Cc1c(F)ccc(Br)c1F. The molecule has 0 aliphatic carbocycles. The van der Waals surface area contributed by atoms with Gasteiger partial charge in [-0.1, -0.05) is 0 Å². The Labute approximate surface area is 115 Å². The lowest BCUT2D eigenvalue weighted by Crippen LogP contribution is -2.25. The molecule has 5 heteroatoms. The standard InChI is InChI=1S/C13H18BrF2NO/c1-8(18-2)3-4-9(17)7-10-12(15)6-5-11(14)13(10)16/h5-6,8-9H,3-4,7,17H2,1-2H3. The molecular weight excluding hydrogens is 304 g/mol. The molecular formula is C13H18BrF2NO. The lowest BCUT2D eigenvalue weighted by molar-refractivity contribution is 0.107. The number of methoxy groups -OCH3 is 1. The van der Waals surface area contributed by atoms with Crippen LogP contribution in [0.15, 0.2) is 16.6 Å². The van der Waals surface area contributed by atoms with E-state index >= 15 is 0 Å². The van der Waals surface area contributed by atoms with Gasteiger partial charge in [0.1, 0.15) is 11.6 Å². The van der Waals surface area contributed by atoms with Crippen LogP contribution in [-0.2, 0) is 11.2 Å². The topological polar surface area (TPSA) is 35.2 Å². The van der Waals surface area contributed by atoms with E-state index < -0.39 is 11.6 Å². The van der Waals surface area contributed by atoms with E-state index in [2.05, 4.69) is 15.9 Å². The van der Waals surface area contributed by atoms with Gasteiger partial charge >= 0.3 is 0 Å². The third-order valence-electron chi connectivity index (χ3n) is 2.95. The van der Waals surface area contributed by atoms with Crippen molar-refractivity contribution in [2.45, 2.75) is 38.3 Å². The second kappa shape index (κ2) is 7.16. The maximum atomic E-state index is 13.7. The minimum Gasteiger partial charge on any atom is -0.382 e.